The predicted octanol–water partition coefficient (Wildman–Crippen LogP) is 2.62. The van der Waals surface area contributed by atoms with Crippen LogP contribution in [0.2, 0.25) is 0 Å². The monoisotopic (exact) mass is 287 g/mol. The molecule has 0 aliphatic heterocycles. The lowest BCUT2D eigenvalue weighted by molar-refractivity contribution is -0.128. The Morgan fingerprint density at radius 2 is 2.00 bits per heavy atom. The van der Waals surface area contributed by atoms with Crippen LogP contribution in [0, 0.1) is 0 Å². The molecule has 0 unspecified atom stereocenters. The van der Waals surface area contributed by atoms with Crippen molar-refractivity contribution in [3.05, 3.63) is 36.0 Å². The van der Waals surface area contributed by atoms with Gasteiger partial charge in [-0.3, -0.25) is 4.79 Å². The Balaban J connectivity index is 2.21. The van der Waals surface area contributed by atoms with Crippen LogP contribution in [0.25, 0.3) is 10.9 Å². The molecule has 2 rings (SSSR count). The van der Waals surface area contributed by atoms with Gasteiger partial charge in [0, 0.05) is 56.7 Å². The summed E-state index contributed by atoms with van der Waals surface area (Å²) in [6.45, 7) is 5.87. The first-order valence-electron chi connectivity index (χ1n) is 7.49. The van der Waals surface area contributed by atoms with Crippen LogP contribution >= 0.6 is 0 Å². The van der Waals surface area contributed by atoms with Crippen molar-refractivity contribution in [2.45, 2.75) is 39.4 Å². The summed E-state index contributed by atoms with van der Waals surface area (Å²) in [6.07, 6.45) is 2.70. The largest absolute Gasteiger partial charge is 0.349 e. The third kappa shape index (κ3) is 3.85. The van der Waals surface area contributed by atoms with Gasteiger partial charge in [0.2, 0.25) is 5.91 Å². The molecule has 1 amide bonds. The molecule has 0 aliphatic carbocycles. The second-order valence-corrected chi connectivity index (χ2v) is 5.94. The summed E-state index contributed by atoms with van der Waals surface area (Å²) in [7, 11) is 3.60. The van der Waals surface area contributed by atoms with Crippen LogP contribution in [-0.2, 0) is 17.9 Å². The first-order valence-corrected chi connectivity index (χ1v) is 7.49. The zero-order valence-corrected chi connectivity index (χ0v) is 13.4. The van der Waals surface area contributed by atoms with Crippen LogP contribution in [0.15, 0.2) is 30.5 Å². The van der Waals surface area contributed by atoms with Gasteiger partial charge < -0.3 is 14.8 Å². The van der Waals surface area contributed by atoms with Gasteiger partial charge in [0.1, 0.15) is 0 Å². The maximum Gasteiger partial charge on any atom is 0.223 e. The molecule has 4 heteroatoms. The van der Waals surface area contributed by atoms with E-state index in [9.17, 15) is 4.79 Å². The highest BCUT2D eigenvalue weighted by molar-refractivity contribution is 5.84. The second-order valence-electron chi connectivity index (χ2n) is 5.94. The SMILES string of the molecule is CC(C)NCc1cn(CCC(=O)N(C)C)c2ccccc12. The molecule has 0 fully saturated rings. The molecule has 2 aromatic rings. The van der Waals surface area contributed by atoms with Crippen molar-refractivity contribution in [1.82, 2.24) is 14.8 Å². The summed E-state index contributed by atoms with van der Waals surface area (Å²) in [6, 6.07) is 8.84. The lowest BCUT2D eigenvalue weighted by atomic mass is 10.1. The molecule has 0 aliphatic rings. The summed E-state index contributed by atoms with van der Waals surface area (Å²) in [5.41, 5.74) is 2.49. The van der Waals surface area contributed by atoms with Crippen molar-refractivity contribution in [2.24, 2.45) is 0 Å². The number of amides is 1. The quantitative estimate of drug-likeness (QED) is 0.887. The number of hydrogen-bond acceptors (Lipinski definition) is 2. The number of aromatic nitrogens is 1. The second kappa shape index (κ2) is 6.76. The molecule has 1 aromatic heterocycles. The molecule has 1 N–H and O–H groups in total. The topological polar surface area (TPSA) is 37.3 Å². The van der Waals surface area contributed by atoms with Gasteiger partial charge in [-0.2, -0.15) is 0 Å². The van der Waals surface area contributed by atoms with E-state index in [2.05, 4.69) is 48.1 Å². The molecule has 114 valence electrons. The van der Waals surface area contributed by atoms with Crippen LogP contribution in [0.4, 0.5) is 0 Å². The predicted molar refractivity (Wildman–Crippen MR) is 87.2 cm³/mol. The van der Waals surface area contributed by atoms with E-state index in [0.717, 1.165) is 13.1 Å². The highest BCUT2D eigenvalue weighted by atomic mass is 16.2. The van der Waals surface area contributed by atoms with E-state index in [1.54, 1.807) is 19.0 Å². The van der Waals surface area contributed by atoms with E-state index in [1.807, 2.05) is 6.07 Å². The lowest BCUT2D eigenvalue weighted by Crippen LogP contribution is -2.23. The van der Waals surface area contributed by atoms with Crippen molar-refractivity contribution in [3.63, 3.8) is 0 Å². The molecule has 0 spiro atoms. The molecule has 21 heavy (non-hydrogen) atoms. The molecule has 0 saturated heterocycles. The van der Waals surface area contributed by atoms with Crippen LogP contribution in [0.3, 0.4) is 0 Å². The van der Waals surface area contributed by atoms with Crippen LogP contribution in [0.5, 0.6) is 0 Å². The van der Waals surface area contributed by atoms with Gasteiger partial charge in [0.15, 0.2) is 0 Å². The van der Waals surface area contributed by atoms with E-state index in [-0.39, 0.29) is 5.91 Å². The molecular formula is C17H25N3O. The Kier molecular flexibility index (Phi) is 5.02. The number of hydrogen-bond donors (Lipinski definition) is 1. The number of aryl methyl sites for hydroxylation is 1. The number of nitrogens with zero attached hydrogens (tertiary/aromatic N) is 2. The molecule has 0 bridgehead atoms. The minimum Gasteiger partial charge on any atom is -0.349 e. The summed E-state index contributed by atoms with van der Waals surface area (Å²) in [4.78, 5) is 13.4. The van der Waals surface area contributed by atoms with Crippen LogP contribution < -0.4 is 5.32 Å². The zero-order chi connectivity index (χ0) is 15.4. The fourth-order valence-corrected chi connectivity index (χ4v) is 2.40. The minimum absolute atomic E-state index is 0.162. The van der Waals surface area contributed by atoms with E-state index >= 15 is 0 Å². The van der Waals surface area contributed by atoms with Crippen LogP contribution in [-0.4, -0.2) is 35.5 Å². The van der Waals surface area contributed by atoms with Crippen LogP contribution in [0.1, 0.15) is 25.8 Å². The fourth-order valence-electron chi connectivity index (χ4n) is 2.40. The first-order chi connectivity index (χ1) is 9.99. The lowest BCUT2D eigenvalue weighted by Gasteiger charge is -2.11. The molecule has 1 heterocycles. The molecular weight excluding hydrogens is 262 g/mol. The van der Waals surface area contributed by atoms with Gasteiger partial charge in [-0.1, -0.05) is 32.0 Å². The van der Waals surface area contributed by atoms with Gasteiger partial charge in [0.05, 0.1) is 0 Å². The molecule has 0 atom stereocenters. The molecule has 1 aromatic carbocycles. The van der Waals surface area contributed by atoms with E-state index in [0.29, 0.717) is 12.5 Å². The Hall–Kier alpha value is -1.81. The summed E-state index contributed by atoms with van der Waals surface area (Å²) in [5, 5.41) is 4.73. The van der Waals surface area contributed by atoms with Gasteiger partial charge in [-0.15, -0.1) is 0 Å². The molecule has 0 saturated carbocycles. The fraction of sp³-hybridized carbons (Fsp3) is 0.471. The number of benzene rings is 1. The summed E-state index contributed by atoms with van der Waals surface area (Å²) >= 11 is 0. The number of fused-ring (bicyclic) bond motifs is 1. The van der Waals surface area contributed by atoms with Gasteiger partial charge in [-0.05, 0) is 11.6 Å². The van der Waals surface area contributed by atoms with Crippen molar-refractivity contribution in [1.29, 1.82) is 0 Å². The van der Waals surface area contributed by atoms with Crippen molar-refractivity contribution >= 4 is 16.8 Å². The Bertz CT molecular complexity index is 614. The highest BCUT2D eigenvalue weighted by Gasteiger charge is 2.10. The number of rotatable bonds is 6. The zero-order valence-electron chi connectivity index (χ0n) is 13.4. The highest BCUT2D eigenvalue weighted by Crippen LogP contribution is 2.21. The smallest absolute Gasteiger partial charge is 0.223 e. The van der Waals surface area contributed by atoms with E-state index in [1.165, 1.54) is 16.5 Å². The van der Waals surface area contributed by atoms with Crippen molar-refractivity contribution < 1.29 is 4.79 Å². The maximum atomic E-state index is 11.8. The molecule has 4 nitrogen and oxygen atoms in total. The Morgan fingerprint density at radius 1 is 1.29 bits per heavy atom. The number of para-hydroxylation sites is 1. The average Bonchev–Trinajstić information content (AvgIpc) is 2.80. The Labute approximate surface area is 126 Å². The maximum absolute atomic E-state index is 11.8. The minimum atomic E-state index is 0.162. The number of carbonyl (C=O) groups excluding carboxylic acids is 1. The summed E-state index contributed by atoms with van der Waals surface area (Å²) < 4.78 is 2.19. The van der Waals surface area contributed by atoms with E-state index in [4.69, 9.17) is 0 Å². The van der Waals surface area contributed by atoms with Crippen molar-refractivity contribution in [3.8, 4) is 0 Å². The average molecular weight is 287 g/mol. The summed E-state index contributed by atoms with van der Waals surface area (Å²) in [5.74, 6) is 0.162. The van der Waals surface area contributed by atoms with Gasteiger partial charge >= 0.3 is 0 Å². The van der Waals surface area contributed by atoms with Gasteiger partial charge in [0.25, 0.3) is 0 Å². The van der Waals surface area contributed by atoms with E-state index < -0.39 is 0 Å². The van der Waals surface area contributed by atoms with Gasteiger partial charge in [-0.25, -0.2) is 0 Å². The normalized spacial score (nSPS) is 11.3. The molecule has 0 radical (unpaired) electrons. The third-order valence-electron chi connectivity index (χ3n) is 3.64. The first kappa shape index (κ1) is 15.6. The third-order valence-corrected chi connectivity index (χ3v) is 3.64. The van der Waals surface area contributed by atoms with Crippen molar-refractivity contribution in [2.75, 3.05) is 14.1 Å². The Morgan fingerprint density at radius 3 is 2.67 bits per heavy atom. The number of nitrogens with one attached hydrogen (secondary N) is 1. The standard InChI is InChI=1S/C17H25N3O/c1-13(2)18-11-14-12-20(10-9-17(21)19(3)4)16-8-6-5-7-15(14)16/h5-8,12-13,18H,9-11H2,1-4H3. The number of carbonyl (C=O) groups is 1.